The molecule has 2 rings (SSSR count). The highest BCUT2D eigenvalue weighted by Gasteiger charge is 2.11. The number of nitrogens with zero attached hydrogens (tertiary/aromatic N) is 1. The highest BCUT2D eigenvalue weighted by Crippen LogP contribution is 2.13. The van der Waals surface area contributed by atoms with Gasteiger partial charge in [0.15, 0.2) is 0 Å². The van der Waals surface area contributed by atoms with Crippen molar-refractivity contribution in [2.45, 2.75) is 0 Å². The molecule has 0 fully saturated rings. The van der Waals surface area contributed by atoms with Gasteiger partial charge in [-0.25, -0.2) is 9.59 Å². The Hall–Kier alpha value is -1.31. The van der Waals surface area contributed by atoms with Crippen LogP contribution in [0, 0.1) is 3.57 Å². The molecular weight excluding hydrogens is 299 g/mol. The number of fused-ring (bicyclic) bond motifs is 1. The van der Waals surface area contributed by atoms with Gasteiger partial charge in [-0.1, -0.05) is 0 Å². The van der Waals surface area contributed by atoms with E-state index in [0.29, 0.717) is 15.6 Å². The fraction of sp³-hybridized carbons (Fsp3) is 0. The quantitative estimate of drug-likeness (QED) is 0.724. The van der Waals surface area contributed by atoms with Crippen molar-refractivity contribution in [1.29, 1.82) is 0 Å². The SMILES string of the molecule is O=C(O)n1c(=O)[nH]c2ccc(I)cc21. The minimum absolute atomic E-state index is 0.384. The van der Waals surface area contributed by atoms with Crippen LogP contribution in [0.3, 0.4) is 0 Å². The van der Waals surface area contributed by atoms with Gasteiger partial charge in [0.25, 0.3) is 0 Å². The maximum Gasteiger partial charge on any atom is 0.420 e. The second kappa shape index (κ2) is 3.12. The molecule has 0 saturated heterocycles. The minimum atomic E-state index is -1.27. The van der Waals surface area contributed by atoms with Crippen LogP contribution in [0.4, 0.5) is 4.79 Å². The van der Waals surface area contributed by atoms with Gasteiger partial charge in [-0.2, -0.15) is 4.57 Å². The lowest BCUT2D eigenvalue weighted by Crippen LogP contribution is -2.22. The van der Waals surface area contributed by atoms with Gasteiger partial charge in [0, 0.05) is 3.57 Å². The molecule has 0 aliphatic rings. The number of rotatable bonds is 0. The van der Waals surface area contributed by atoms with E-state index < -0.39 is 11.8 Å². The minimum Gasteiger partial charge on any atom is -0.464 e. The van der Waals surface area contributed by atoms with E-state index in [1.54, 1.807) is 18.2 Å². The molecule has 14 heavy (non-hydrogen) atoms. The number of benzene rings is 1. The Balaban J connectivity index is 2.93. The molecule has 0 radical (unpaired) electrons. The number of nitrogens with one attached hydrogen (secondary N) is 1. The summed E-state index contributed by atoms with van der Waals surface area (Å²) >= 11 is 2.06. The Morgan fingerprint density at radius 2 is 2.21 bits per heavy atom. The molecule has 0 aliphatic heterocycles. The average molecular weight is 304 g/mol. The maximum absolute atomic E-state index is 11.2. The van der Waals surface area contributed by atoms with Crippen molar-refractivity contribution in [2.75, 3.05) is 0 Å². The van der Waals surface area contributed by atoms with Crippen molar-refractivity contribution in [2.24, 2.45) is 0 Å². The zero-order valence-electron chi connectivity index (χ0n) is 6.82. The summed E-state index contributed by atoms with van der Waals surface area (Å²) in [4.78, 5) is 24.4. The summed E-state index contributed by atoms with van der Waals surface area (Å²) in [6.07, 6.45) is -1.27. The summed E-state index contributed by atoms with van der Waals surface area (Å²) in [7, 11) is 0. The number of hydrogen-bond donors (Lipinski definition) is 2. The molecule has 0 amide bonds. The highest BCUT2D eigenvalue weighted by atomic mass is 127. The number of carboxylic acid groups (broad SMARTS) is 1. The van der Waals surface area contributed by atoms with Gasteiger partial charge in [0.05, 0.1) is 11.0 Å². The van der Waals surface area contributed by atoms with E-state index in [4.69, 9.17) is 5.11 Å². The normalized spacial score (nSPS) is 10.6. The molecule has 5 nitrogen and oxygen atoms in total. The lowest BCUT2D eigenvalue weighted by Gasteiger charge is -1.95. The predicted octanol–water partition coefficient (Wildman–Crippen LogP) is 1.46. The first-order chi connectivity index (χ1) is 6.59. The molecular formula is C8H5IN2O3. The number of hydrogen-bond acceptors (Lipinski definition) is 2. The van der Waals surface area contributed by atoms with Gasteiger partial charge in [-0.3, -0.25) is 0 Å². The summed E-state index contributed by atoms with van der Waals surface area (Å²) < 4.78 is 1.57. The van der Waals surface area contributed by atoms with Gasteiger partial charge in [-0.05, 0) is 40.8 Å². The van der Waals surface area contributed by atoms with Crippen LogP contribution in [0.5, 0.6) is 0 Å². The third kappa shape index (κ3) is 1.31. The second-order valence-corrected chi connectivity index (χ2v) is 3.96. The molecule has 72 valence electrons. The van der Waals surface area contributed by atoms with Gasteiger partial charge in [-0.15, -0.1) is 0 Å². The van der Waals surface area contributed by atoms with Crippen LogP contribution in [-0.4, -0.2) is 20.8 Å². The molecule has 6 heteroatoms. The topological polar surface area (TPSA) is 75.1 Å². The molecule has 0 unspecified atom stereocenters. The van der Waals surface area contributed by atoms with Crippen LogP contribution in [0.1, 0.15) is 0 Å². The summed E-state index contributed by atoms with van der Waals surface area (Å²) in [6.45, 7) is 0. The maximum atomic E-state index is 11.2. The first-order valence-corrected chi connectivity index (χ1v) is 4.81. The number of aromatic amines is 1. The molecule has 1 heterocycles. The Labute approximate surface area is 91.5 Å². The van der Waals surface area contributed by atoms with Crippen molar-refractivity contribution in [3.8, 4) is 0 Å². The van der Waals surface area contributed by atoms with Crippen LogP contribution in [0.25, 0.3) is 11.0 Å². The van der Waals surface area contributed by atoms with Crippen LogP contribution < -0.4 is 5.69 Å². The van der Waals surface area contributed by atoms with Crippen molar-refractivity contribution < 1.29 is 9.90 Å². The standard InChI is InChI=1S/C8H5IN2O3/c9-4-1-2-5-6(3-4)11(8(13)14)7(12)10-5/h1-3H,(H,10,12)(H,13,14). The lowest BCUT2D eigenvalue weighted by atomic mass is 10.3. The summed E-state index contributed by atoms with van der Waals surface area (Å²) in [5, 5.41) is 8.78. The van der Waals surface area contributed by atoms with E-state index in [-0.39, 0.29) is 0 Å². The average Bonchev–Trinajstić information content (AvgIpc) is 2.40. The Bertz CT molecular complexity index is 569. The summed E-state index contributed by atoms with van der Waals surface area (Å²) in [5.41, 5.74) is 0.279. The molecule has 2 N–H and O–H groups in total. The van der Waals surface area contributed by atoms with E-state index in [1.165, 1.54) is 0 Å². The molecule has 0 bridgehead atoms. The first-order valence-electron chi connectivity index (χ1n) is 3.73. The summed E-state index contributed by atoms with van der Waals surface area (Å²) in [5.74, 6) is 0. The highest BCUT2D eigenvalue weighted by molar-refractivity contribution is 14.1. The molecule has 2 aromatic rings. The van der Waals surface area contributed by atoms with Crippen LogP contribution in [-0.2, 0) is 0 Å². The second-order valence-electron chi connectivity index (χ2n) is 2.71. The zero-order valence-corrected chi connectivity index (χ0v) is 8.98. The summed E-state index contributed by atoms with van der Waals surface area (Å²) in [6, 6.07) is 5.12. The Kier molecular flexibility index (Phi) is 2.06. The van der Waals surface area contributed by atoms with Crippen molar-refractivity contribution >= 4 is 39.7 Å². The molecule has 0 atom stereocenters. The van der Waals surface area contributed by atoms with Crippen LogP contribution >= 0.6 is 22.6 Å². The van der Waals surface area contributed by atoms with Gasteiger partial charge >= 0.3 is 11.8 Å². The number of imidazole rings is 1. The first kappa shape index (κ1) is 9.25. The zero-order chi connectivity index (χ0) is 10.3. The van der Waals surface area contributed by atoms with Crippen molar-refractivity contribution in [3.05, 3.63) is 32.3 Å². The fourth-order valence-corrected chi connectivity index (χ4v) is 1.74. The van der Waals surface area contributed by atoms with E-state index in [9.17, 15) is 9.59 Å². The largest absolute Gasteiger partial charge is 0.464 e. The lowest BCUT2D eigenvalue weighted by molar-refractivity contribution is 0.196. The Morgan fingerprint density at radius 3 is 2.86 bits per heavy atom. The van der Waals surface area contributed by atoms with E-state index in [2.05, 4.69) is 27.6 Å². The monoisotopic (exact) mass is 304 g/mol. The van der Waals surface area contributed by atoms with E-state index in [0.717, 1.165) is 3.57 Å². The number of aromatic nitrogens is 2. The third-order valence-corrected chi connectivity index (χ3v) is 2.51. The molecule has 1 aromatic heterocycles. The van der Waals surface area contributed by atoms with E-state index >= 15 is 0 Å². The molecule has 1 aromatic carbocycles. The molecule has 0 spiro atoms. The predicted molar refractivity (Wildman–Crippen MR) is 58.7 cm³/mol. The molecule has 0 saturated carbocycles. The smallest absolute Gasteiger partial charge is 0.420 e. The number of H-pyrrole nitrogens is 1. The van der Waals surface area contributed by atoms with E-state index in [1.807, 2.05) is 0 Å². The van der Waals surface area contributed by atoms with Crippen LogP contribution in [0.15, 0.2) is 23.0 Å². The Morgan fingerprint density at radius 1 is 1.50 bits per heavy atom. The third-order valence-electron chi connectivity index (χ3n) is 1.84. The molecule has 0 aliphatic carbocycles. The van der Waals surface area contributed by atoms with Gasteiger partial charge < -0.3 is 10.1 Å². The van der Waals surface area contributed by atoms with Gasteiger partial charge in [0.2, 0.25) is 0 Å². The van der Waals surface area contributed by atoms with Crippen molar-refractivity contribution in [3.63, 3.8) is 0 Å². The van der Waals surface area contributed by atoms with Gasteiger partial charge in [0.1, 0.15) is 0 Å². The van der Waals surface area contributed by atoms with Crippen LogP contribution in [0.2, 0.25) is 0 Å². The fourth-order valence-electron chi connectivity index (χ4n) is 1.27. The van der Waals surface area contributed by atoms with Crippen molar-refractivity contribution in [1.82, 2.24) is 9.55 Å². The number of halogens is 1. The number of carbonyl (C=O) groups is 1.